The van der Waals surface area contributed by atoms with Crippen LogP contribution in [0.1, 0.15) is 38.5 Å². The van der Waals surface area contributed by atoms with Crippen LogP contribution in [0.2, 0.25) is 0 Å². The molecule has 2 aliphatic rings. The highest BCUT2D eigenvalue weighted by Gasteiger charge is 2.23. The van der Waals surface area contributed by atoms with Crippen LogP contribution in [0.3, 0.4) is 0 Å². The van der Waals surface area contributed by atoms with Gasteiger partial charge in [0, 0.05) is 0 Å². The lowest BCUT2D eigenvalue weighted by Crippen LogP contribution is -2.04. The monoisotopic (exact) mass is 136 g/mol. The van der Waals surface area contributed by atoms with E-state index in [-0.39, 0.29) is 0 Å². The highest BCUT2D eigenvalue weighted by atomic mass is 14.3. The standard InChI is InChI=1S/C10H16/c1-2-5-9-7-4-8-10(9)6-3-1/h4,7,9-10H,1-3,5-6,8H2. The Bertz CT molecular complexity index is 135. The Morgan fingerprint density at radius 2 is 1.90 bits per heavy atom. The number of hydrogen-bond acceptors (Lipinski definition) is 0. The fourth-order valence-corrected chi connectivity index (χ4v) is 2.39. The molecular formula is C10H16. The molecule has 2 aliphatic carbocycles. The SMILES string of the molecule is C1=CC2CCCCCC2C1. The minimum atomic E-state index is 0.975. The van der Waals surface area contributed by atoms with Crippen LogP contribution in [-0.2, 0) is 0 Å². The van der Waals surface area contributed by atoms with Crippen molar-refractivity contribution in [1.29, 1.82) is 0 Å². The normalized spacial score (nSPS) is 39.2. The lowest BCUT2D eigenvalue weighted by molar-refractivity contribution is 0.401. The summed E-state index contributed by atoms with van der Waals surface area (Å²) in [4.78, 5) is 0. The van der Waals surface area contributed by atoms with Crippen LogP contribution in [0.15, 0.2) is 12.2 Å². The van der Waals surface area contributed by atoms with Gasteiger partial charge in [0.05, 0.1) is 0 Å². The molecule has 2 atom stereocenters. The fourth-order valence-electron chi connectivity index (χ4n) is 2.39. The van der Waals surface area contributed by atoms with Crippen molar-refractivity contribution in [2.24, 2.45) is 11.8 Å². The molecule has 1 fully saturated rings. The summed E-state index contributed by atoms with van der Waals surface area (Å²) in [5.41, 5.74) is 0. The predicted molar refractivity (Wildman–Crippen MR) is 43.8 cm³/mol. The third kappa shape index (κ3) is 1.12. The summed E-state index contributed by atoms with van der Waals surface area (Å²) in [5.74, 6) is 2.02. The summed E-state index contributed by atoms with van der Waals surface area (Å²) >= 11 is 0. The molecule has 1 saturated carbocycles. The van der Waals surface area contributed by atoms with Crippen molar-refractivity contribution in [3.63, 3.8) is 0 Å². The minimum absolute atomic E-state index is 0.975. The molecule has 0 aromatic carbocycles. The molecule has 2 unspecified atom stereocenters. The number of rotatable bonds is 0. The van der Waals surface area contributed by atoms with E-state index < -0.39 is 0 Å². The molecule has 0 aromatic rings. The van der Waals surface area contributed by atoms with E-state index in [0.717, 1.165) is 11.8 Å². The summed E-state index contributed by atoms with van der Waals surface area (Å²) in [6.45, 7) is 0. The molecule has 0 radical (unpaired) electrons. The number of allylic oxidation sites excluding steroid dienone is 2. The topological polar surface area (TPSA) is 0 Å². The lowest BCUT2D eigenvalue weighted by atomic mass is 9.91. The van der Waals surface area contributed by atoms with E-state index in [9.17, 15) is 0 Å². The van der Waals surface area contributed by atoms with Crippen LogP contribution in [0.25, 0.3) is 0 Å². The van der Waals surface area contributed by atoms with Crippen molar-refractivity contribution < 1.29 is 0 Å². The van der Waals surface area contributed by atoms with Crippen LogP contribution in [-0.4, -0.2) is 0 Å². The van der Waals surface area contributed by atoms with Crippen LogP contribution < -0.4 is 0 Å². The highest BCUT2D eigenvalue weighted by Crippen LogP contribution is 2.36. The van der Waals surface area contributed by atoms with E-state index in [1.54, 1.807) is 0 Å². The zero-order valence-corrected chi connectivity index (χ0v) is 6.55. The van der Waals surface area contributed by atoms with E-state index in [0.29, 0.717) is 0 Å². The first-order chi connectivity index (χ1) is 4.97. The fraction of sp³-hybridized carbons (Fsp3) is 0.800. The van der Waals surface area contributed by atoms with Gasteiger partial charge >= 0.3 is 0 Å². The average Bonchev–Trinajstić information content (AvgIpc) is 2.28. The lowest BCUT2D eigenvalue weighted by Gasteiger charge is -2.14. The third-order valence-corrected chi connectivity index (χ3v) is 3.04. The molecule has 0 nitrogen and oxygen atoms in total. The van der Waals surface area contributed by atoms with Crippen molar-refractivity contribution in [3.05, 3.63) is 12.2 Å². The van der Waals surface area contributed by atoms with Crippen LogP contribution in [0.5, 0.6) is 0 Å². The molecule has 0 bridgehead atoms. The smallest absolute Gasteiger partial charge is 0.0202 e. The van der Waals surface area contributed by atoms with Gasteiger partial charge in [-0.25, -0.2) is 0 Å². The van der Waals surface area contributed by atoms with Gasteiger partial charge < -0.3 is 0 Å². The van der Waals surface area contributed by atoms with Gasteiger partial charge in [0.25, 0.3) is 0 Å². The quantitative estimate of drug-likeness (QED) is 0.449. The Hall–Kier alpha value is -0.260. The summed E-state index contributed by atoms with van der Waals surface area (Å²) in [6, 6.07) is 0. The van der Waals surface area contributed by atoms with Crippen molar-refractivity contribution in [2.45, 2.75) is 38.5 Å². The second kappa shape index (κ2) is 2.77. The first-order valence-corrected chi connectivity index (χ1v) is 4.63. The van der Waals surface area contributed by atoms with Crippen LogP contribution >= 0.6 is 0 Å². The summed E-state index contributed by atoms with van der Waals surface area (Å²) < 4.78 is 0. The Morgan fingerprint density at radius 3 is 2.90 bits per heavy atom. The van der Waals surface area contributed by atoms with Gasteiger partial charge in [0.2, 0.25) is 0 Å². The molecule has 2 rings (SSSR count). The summed E-state index contributed by atoms with van der Waals surface area (Å²) in [5, 5.41) is 0. The largest absolute Gasteiger partial charge is 0.0880 e. The molecule has 0 amide bonds. The van der Waals surface area contributed by atoms with Crippen LogP contribution in [0, 0.1) is 11.8 Å². The molecule has 0 N–H and O–H groups in total. The molecule has 0 heterocycles. The maximum atomic E-state index is 2.45. The summed E-state index contributed by atoms with van der Waals surface area (Å²) in [7, 11) is 0. The zero-order chi connectivity index (χ0) is 6.81. The Balaban J connectivity index is 2.00. The second-order valence-electron chi connectivity index (χ2n) is 3.73. The molecular weight excluding hydrogens is 120 g/mol. The van der Waals surface area contributed by atoms with E-state index in [4.69, 9.17) is 0 Å². The first-order valence-electron chi connectivity index (χ1n) is 4.63. The summed E-state index contributed by atoms with van der Waals surface area (Å²) in [6.07, 6.45) is 13.6. The van der Waals surface area contributed by atoms with Gasteiger partial charge in [-0.15, -0.1) is 0 Å². The van der Waals surface area contributed by atoms with Gasteiger partial charge in [0.1, 0.15) is 0 Å². The molecule has 0 aliphatic heterocycles. The van der Waals surface area contributed by atoms with Crippen LogP contribution in [0.4, 0.5) is 0 Å². The van der Waals surface area contributed by atoms with Crippen molar-refractivity contribution in [2.75, 3.05) is 0 Å². The third-order valence-electron chi connectivity index (χ3n) is 3.04. The van der Waals surface area contributed by atoms with Gasteiger partial charge in [-0.2, -0.15) is 0 Å². The maximum Gasteiger partial charge on any atom is -0.0202 e. The first kappa shape index (κ1) is 6.45. The Labute approximate surface area is 63.3 Å². The molecule has 10 heavy (non-hydrogen) atoms. The van der Waals surface area contributed by atoms with Gasteiger partial charge in [-0.3, -0.25) is 0 Å². The Kier molecular flexibility index (Phi) is 1.79. The molecule has 0 aromatic heterocycles. The zero-order valence-electron chi connectivity index (χ0n) is 6.55. The minimum Gasteiger partial charge on any atom is -0.0880 e. The second-order valence-corrected chi connectivity index (χ2v) is 3.73. The van der Waals surface area contributed by atoms with Crippen molar-refractivity contribution >= 4 is 0 Å². The van der Waals surface area contributed by atoms with Gasteiger partial charge in [-0.05, 0) is 31.1 Å². The molecule has 56 valence electrons. The van der Waals surface area contributed by atoms with E-state index in [2.05, 4.69) is 12.2 Å². The maximum absolute atomic E-state index is 2.45. The van der Waals surface area contributed by atoms with E-state index in [1.165, 1.54) is 38.5 Å². The number of fused-ring (bicyclic) bond motifs is 1. The van der Waals surface area contributed by atoms with E-state index >= 15 is 0 Å². The molecule has 0 spiro atoms. The average molecular weight is 136 g/mol. The van der Waals surface area contributed by atoms with Gasteiger partial charge in [-0.1, -0.05) is 31.4 Å². The van der Waals surface area contributed by atoms with E-state index in [1.807, 2.05) is 0 Å². The molecule has 0 saturated heterocycles. The van der Waals surface area contributed by atoms with Crippen molar-refractivity contribution in [1.82, 2.24) is 0 Å². The highest BCUT2D eigenvalue weighted by molar-refractivity contribution is 5.01. The number of hydrogen-bond donors (Lipinski definition) is 0. The molecule has 0 heteroatoms. The van der Waals surface area contributed by atoms with Crippen molar-refractivity contribution in [3.8, 4) is 0 Å². The predicted octanol–water partition coefficient (Wildman–Crippen LogP) is 3.14. The van der Waals surface area contributed by atoms with Gasteiger partial charge in [0.15, 0.2) is 0 Å². The Morgan fingerprint density at radius 1 is 1.00 bits per heavy atom.